The highest BCUT2D eigenvalue weighted by atomic mass is 19.4. The number of nitrogens with zero attached hydrogens (tertiary/aromatic N) is 1. The Morgan fingerprint density at radius 2 is 1.81 bits per heavy atom. The zero-order valence-corrected chi connectivity index (χ0v) is 14.8. The average Bonchev–Trinajstić information content (AvgIpc) is 2.51. The van der Waals surface area contributed by atoms with Crippen molar-refractivity contribution in [3.05, 3.63) is 41.7 Å². The van der Waals surface area contributed by atoms with E-state index in [1.165, 1.54) is 18.3 Å². The number of benzene rings is 1. The van der Waals surface area contributed by atoms with Crippen LogP contribution in [0.4, 0.5) is 13.2 Å². The monoisotopic (exact) mass is 371 g/mol. The number of halogens is 3. The van der Waals surface area contributed by atoms with E-state index in [0.717, 1.165) is 19.4 Å². The van der Waals surface area contributed by atoms with Crippen LogP contribution >= 0.6 is 0 Å². The van der Waals surface area contributed by atoms with Crippen molar-refractivity contribution < 1.29 is 22.7 Å². The molecule has 1 aliphatic heterocycles. The van der Waals surface area contributed by atoms with Crippen molar-refractivity contribution >= 4 is 5.91 Å². The summed E-state index contributed by atoms with van der Waals surface area (Å²) in [6.45, 7) is 3.14. The molecule has 1 amide bonds. The van der Waals surface area contributed by atoms with Crippen LogP contribution in [0.5, 0.6) is 5.75 Å². The molecule has 0 aromatic heterocycles. The second-order valence-electron chi connectivity index (χ2n) is 6.92. The first-order valence-electron chi connectivity index (χ1n) is 8.33. The maximum atomic E-state index is 12.9. The second kappa shape index (κ2) is 7.47. The first-order chi connectivity index (χ1) is 12.0. The van der Waals surface area contributed by atoms with Crippen molar-refractivity contribution in [2.24, 2.45) is 11.5 Å². The molecule has 0 bridgehead atoms. The number of nitrogens with two attached hydrogens (primary N) is 2. The van der Waals surface area contributed by atoms with Crippen LogP contribution in [0.2, 0.25) is 0 Å². The molecule has 0 unspecified atom stereocenters. The van der Waals surface area contributed by atoms with Gasteiger partial charge in [0.15, 0.2) is 5.60 Å². The quantitative estimate of drug-likeness (QED) is 0.806. The minimum atomic E-state index is -4.46. The number of carbonyl (C=O) groups excluding carboxylic acids is 1. The van der Waals surface area contributed by atoms with E-state index in [1.54, 1.807) is 17.0 Å². The van der Waals surface area contributed by atoms with E-state index in [1.807, 2.05) is 0 Å². The Bertz CT molecular complexity index is 663. The lowest BCUT2D eigenvalue weighted by molar-refractivity contribution is -0.234. The molecule has 26 heavy (non-hydrogen) atoms. The van der Waals surface area contributed by atoms with Gasteiger partial charge in [-0.15, -0.1) is 0 Å². The van der Waals surface area contributed by atoms with Crippen LogP contribution in [-0.2, 0) is 4.79 Å². The van der Waals surface area contributed by atoms with Gasteiger partial charge in [0, 0.05) is 37.3 Å². The number of likely N-dealkylation sites (tertiary alicyclic amines) is 1. The van der Waals surface area contributed by atoms with Gasteiger partial charge in [-0.25, -0.2) is 0 Å². The first-order valence-corrected chi connectivity index (χ1v) is 8.33. The predicted octanol–water partition coefficient (Wildman–Crippen LogP) is 2.87. The van der Waals surface area contributed by atoms with Gasteiger partial charge >= 0.3 is 6.18 Å². The smallest absolute Gasteiger partial charge is 0.427 e. The zero-order valence-electron chi connectivity index (χ0n) is 14.8. The molecule has 4 N–H and O–H groups in total. The summed E-state index contributed by atoms with van der Waals surface area (Å²) >= 11 is 0. The lowest BCUT2D eigenvalue weighted by atomic mass is 9.91. The fourth-order valence-electron chi connectivity index (χ4n) is 2.55. The molecule has 144 valence electrons. The van der Waals surface area contributed by atoms with Gasteiger partial charge in [-0.1, -0.05) is 12.1 Å². The van der Waals surface area contributed by atoms with Crippen LogP contribution in [0.3, 0.4) is 0 Å². The van der Waals surface area contributed by atoms with E-state index < -0.39 is 11.8 Å². The minimum Gasteiger partial charge on any atom is -0.478 e. The van der Waals surface area contributed by atoms with Crippen LogP contribution in [0.25, 0.3) is 0 Å². The van der Waals surface area contributed by atoms with Gasteiger partial charge in [0.25, 0.3) is 0 Å². The summed E-state index contributed by atoms with van der Waals surface area (Å²) in [5.74, 6) is 0.344. The molecule has 1 fully saturated rings. The normalized spacial score (nSPS) is 16.3. The summed E-state index contributed by atoms with van der Waals surface area (Å²) in [6, 6.07) is 6.53. The number of hydrogen-bond donors (Lipinski definition) is 2. The van der Waals surface area contributed by atoms with Crippen molar-refractivity contribution in [1.29, 1.82) is 0 Å². The molecule has 1 saturated heterocycles. The third-order valence-corrected chi connectivity index (χ3v) is 4.48. The summed E-state index contributed by atoms with van der Waals surface area (Å²) in [7, 11) is 0. The largest absolute Gasteiger partial charge is 0.478 e. The molecule has 2 rings (SSSR count). The van der Waals surface area contributed by atoms with Gasteiger partial charge in [-0.2, -0.15) is 13.2 Å². The Balaban J connectivity index is 1.86. The molecule has 0 aliphatic carbocycles. The first kappa shape index (κ1) is 19.9. The SMILES string of the molecule is CC(C)(Oc1ccc(C2CN(C(=O)CC/C(N)=C/N)C2)cc1)C(F)(F)F. The second-order valence-corrected chi connectivity index (χ2v) is 6.92. The number of amides is 1. The lowest BCUT2D eigenvalue weighted by Crippen LogP contribution is -2.48. The van der Waals surface area contributed by atoms with Gasteiger partial charge in [0.1, 0.15) is 5.75 Å². The fourth-order valence-corrected chi connectivity index (χ4v) is 2.55. The third-order valence-electron chi connectivity index (χ3n) is 4.48. The molecular weight excluding hydrogens is 347 g/mol. The number of allylic oxidation sites excluding steroid dienone is 1. The van der Waals surface area contributed by atoms with Crippen molar-refractivity contribution in [2.75, 3.05) is 13.1 Å². The predicted molar refractivity (Wildman–Crippen MR) is 92.2 cm³/mol. The highest BCUT2D eigenvalue weighted by Crippen LogP contribution is 2.35. The molecule has 1 aromatic rings. The minimum absolute atomic E-state index is 0.0120. The molecule has 5 nitrogen and oxygen atoms in total. The van der Waals surface area contributed by atoms with E-state index >= 15 is 0 Å². The number of rotatable bonds is 6. The van der Waals surface area contributed by atoms with Crippen LogP contribution in [0.1, 0.15) is 38.2 Å². The molecule has 1 aliphatic rings. The Morgan fingerprint density at radius 1 is 1.23 bits per heavy atom. The van der Waals surface area contributed by atoms with Crippen LogP contribution in [-0.4, -0.2) is 35.7 Å². The average molecular weight is 371 g/mol. The van der Waals surface area contributed by atoms with Crippen molar-refractivity contribution in [3.8, 4) is 5.75 Å². The number of hydrogen-bond acceptors (Lipinski definition) is 4. The Morgan fingerprint density at radius 3 is 2.31 bits per heavy atom. The molecule has 0 radical (unpaired) electrons. The molecule has 0 saturated carbocycles. The zero-order chi connectivity index (χ0) is 19.5. The van der Waals surface area contributed by atoms with Gasteiger partial charge in [0.2, 0.25) is 5.91 Å². The highest BCUT2D eigenvalue weighted by Gasteiger charge is 2.49. The number of alkyl halides is 3. The molecular formula is C18H24F3N3O2. The molecule has 0 spiro atoms. The summed E-state index contributed by atoms with van der Waals surface area (Å²) in [5, 5.41) is 0. The van der Waals surface area contributed by atoms with Crippen LogP contribution in [0.15, 0.2) is 36.2 Å². The van der Waals surface area contributed by atoms with E-state index in [-0.39, 0.29) is 17.6 Å². The highest BCUT2D eigenvalue weighted by molar-refractivity contribution is 5.77. The van der Waals surface area contributed by atoms with Crippen molar-refractivity contribution in [1.82, 2.24) is 4.90 Å². The third kappa shape index (κ3) is 4.62. The van der Waals surface area contributed by atoms with Crippen molar-refractivity contribution in [3.63, 3.8) is 0 Å². The Kier molecular flexibility index (Phi) is 5.73. The van der Waals surface area contributed by atoms with Crippen LogP contribution < -0.4 is 16.2 Å². The Labute approximate surface area is 150 Å². The fraction of sp³-hybridized carbons (Fsp3) is 0.500. The molecule has 1 aromatic carbocycles. The molecule has 1 heterocycles. The maximum absolute atomic E-state index is 12.9. The van der Waals surface area contributed by atoms with E-state index in [2.05, 4.69) is 0 Å². The Hall–Kier alpha value is -2.38. The van der Waals surface area contributed by atoms with Crippen LogP contribution in [0, 0.1) is 0 Å². The van der Waals surface area contributed by atoms with E-state index in [0.29, 0.717) is 31.6 Å². The van der Waals surface area contributed by atoms with Crippen molar-refractivity contribution in [2.45, 2.75) is 44.4 Å². The summed E-state index contributed by atoms with van der Waals surface area (Å²) in [4.78, 5) is 13.7. The summed E-state index contributed by atoms with van der Waals surface area (Å²) < 4.78 is 43.7. The standard InChI is InChI=1S/C18H24F3N3O2/c1-17(2,18(19,20)21)26-15-6-3-12(4-7-15)13-10-24(11-13)16(25)8-5-14(23)9-22/h3-4,6-7,9,13H,5,8,10-11,22-23H2,1-2H3/b14-9-. The molecule has 0 atom stereocenters. The summed E-state index contributed by atoms with van der Waals surface area (Å²) in [5.41, 5.74) is 10.0. The van der Waals surface area contributed by atoms with Gasteiger partial charge in [-0.05, 0) is 38.0 Å². The topological polar surface area (TPSA) is 81.6 Å². The number of carbonyl (C=O) groups is 1. The van der Waals surface area contributed by atoms with E-state index in [4.69, 9.17) is 16.2 Å². The van der Waals surface area contributed by atoms with E-state index in [9.17, 15) is 18.0 Å². The summed E-state index contributed by atoms with van der Waals surface area (Å²) in [6.07, 6.45) is -2.43. The maximum Gasteiger partial charge on any atom is 0.427 e. The van der Waals surface area contributed by atoms with Gasteiger partial charge in [-0.3, -0.25) is 4.79 Å². The van der Waals surface area contributed by atoms with Gasteiger partial charge < -0.3 is 21.1 Å². The molecule has 8 heteroatoms. The number of ether oxygens (including phenoxy) is 1. The van der Waals surface area contributed by atoms with Gasteiger partial charge in [0.05, 0.1) is 0 Å². The lowest BCUT2D eigenvalue weighted by Gasteiger charge is -2.40.